The summed E-state index contributed by atoms with van der Waals surface area (Å²) in [5.41, 5.74) is 5.21. The summed E-state index contributed by atoms with van der Waals surface area (Å²) in [4.78, 5) is 38.7. The maximum absolute atomic E-state index is 13.6. The van der Waals surface area contributed by atoms with E-state index in [9.17, 15) is 9.59 Å². The number of nitrogens with zero attached hydrogens (tertiary/aromatic N) is 5. The lowest BCUT2D eigenvalue weighted by molar-refractivity contribution is -0.123. The summed E-state index contributed by atoms with van der Waals surface area (Å²) >= 11 is 0. The third-order valence-corrected chi connectivity index (χ3v) is 10.8. The molecule has 3 atom stereocenters. The van der Waals surface area contributed by atoms with Crippen molar-refractivity contribution in [3.8, 4) is 17.3 Å². The number of likely N-dealkylation sites (tertiary alicyclic amines) is 1. The number of pyridine rings is 1. The van der Waals surface area contributed by atoms with E-state index in [0.29, 0.717) is 17.2 Å². The van der Waals surface area contributed by atoms with Crippen LogP contribution in [0.3, 0.4) is 0 Å². The second-order valence-corrected chi connectivity index (χ2v) is 14.0. The van der Waals surface area contributed by atoms with Crippen molar-refractivity contribution in [2.24, 2.45) is 24.3 Å². The Labute approximate surface area is 263 Å². The van der Waals surface area contributed by atoms with Gasteiger partial charge in [0, 0.05) is 55.5 Å². The predicted octanol–water partition coefficient (Wildman–Crippen LogP) is 4.81. The van der Waals surface area contributed by atoms with Crippen molar-refractivity contribution < 1.29 is 14.3 Å². The Morgan fingerprint density at radius 2 is 1.96 bits per heavy atom. The number of rotatable bonds is 3. The smallest absolute Gasteiger partial charge is 0.254 e. The molecule has 236 valence electrons. The van der Waals surface area contributed by atoms with Crippen LogP contribution in [0.1, 0.15) is 74.0 Å². The predicted molar refractivity (Wildman–Crippen MR) is 173 cm³/mol. The first-order valence-electron chi connectivity index (χ1n) is 16.7. The summed E-state index contributed by atoms with van der Waals surface area (Å²) in [5, 5.41) is 7.76. The van der Waals surface area contributed by atoms with E-state index in [2.05, 4.69) is 31.9 Å². The highest BCUT2D eigenvalue weighted by Gasteiger charge is 2.46. The number of hydrogen-bond donors (Lipinski definition) is 2. The molecule has 4 aliphatic rings. The van der Waals surface area contributed by atoms with Crippen LogP contribution in [-0.4, -0.2) is 69.1 Å². The van der Waals surface area contributed by atoms with E-state index in [1.165, 1.54) is 12.8 Å². The van der Waals surface area contributed by atoms with Crippen LogP contribution in [0.2, 0.25) is 0 Å². The Hall–Kier alpha value is -3.92. The minimum Gasteiger partial charge on any atom is -0.494 e. The standard InChI is InChI=1S/C35H43N7O3/c1-21-26-10-9-23-16-28(42(31(23)38-26)13-6-4-5-8-22-14-25(22)33(43)37-21)32-39-27-15-24(17-29(45-3)30(27)40(32)2)34(44)41-19-35(20-41)11-7-12-36-18-35/h9-10,15-17,21-22,25,36H,4-8,11-14,18-20H2,1-3H3,(H,37,43)/t21-,22-,25?/m1/s1. The van der Waals surface area contributed by atoms with Crippen LogP contribution in [-0.2, 0) is 18.4 Å². The molecule has 10 heteroatoms. The van der Waals surface area contributed by atoms with Crippen LogP contribution in [0.15, 0.2) is 30.3 Å². The normalized spacial score (nSPS) is 24.7. The largest absolute Gasteiger partial charge is 0.494 e. The van der Waals surface area contributed by atoms with Crippen LogP contribution in [0, 0.1) is 17.3 Å². The molecule has 1 unspecified atom stereocenters. The van der Waals surface area contributed by atoms with Gasteiger partial charge in [0.1, 0.15) is 16.9 Å². The first kappa shape index (κ1) is 28.5. The summed E-state index contributed by atoms with van der Waals surface area (Å²) in [5.74, 6) is 2.34. The Bertz CT molecular complexity index is 1810. The molecule has 4 aromatic rings. The van der Waals surface area contributed by atoms with Gasteiger partial charge < -0.3 is 29.4 Å². The molecule has 0 radical (unpaired) electrons. The summed E-state index contributed by atoms with van der Waals surface area (Å²) in [7, 11) is 3.67. The van der Waals surface area contributed by atoms with E-state index < -0.39 is 0 Å². The molecule has 2 amide bonds. The quantitative estimate of drug-likeness (QED) is 0.345. The number of amides is 2. The van der Waals surface area contributed by atoms with Gasteiger partial charge in [-0.15, -0.1) is 0 Å². The van der Waals surface area contributed by atoms with E-state index in [1.807, 2.05) is 37.1 Å². The fourth-order valence-electron chi connectivity index (χ4n) is 8.14. The molecule has 10 nitrogen and oxygen atoms in total. The van der Waals surface area contributed by atoms with Crippen molar-refractivity contribution in [1.29, 1.82) is 0 Å². The molecular formula is C35H43N7O3. The minimum absolute atomic E-state index is 0.0383. The first-order chi connectivity index (χ1) is 21.8. The molecule has 3 aliphatic heterocycles. The van der Waals surface area contributed by atoms with Gasteiger partial charge in [-0.05, 0) is 81.8 Å². The van der Waals surface area contributed by atoms with Crippen molar-refractivity contribution in [3.05, 3.63) is 41.6 Å². The van der Waals surface area contributed by atoms with Gasteiger partial charge in [-0.1, -0.05) is 12.8 Å². The zero-order valence-electron chi connectivity index (χ0n) is 26.6. The zero-order chi connectivity index (χ0) is 30.9. The summed E-state index contributed by atoms with van der Waals surface area (Å²) in [6.07, 6.45) is 7.74. The number of carbonyl (C=O) groups is 2. The lowest BCUT2D eigenvalue weighted by Gasteiger charge is -2.52. The van der Waals surface area contributed by atoms with Gasteiger partial charge in [-0.3, -0.25) is 9.59 Å². The van der Waals surface area contributed by atoms with Crippen LogP contribution in [0.4, 0.5) is 0 Å². The SMILES string of the molecule is COc1cc(C(=O)N2CC3(CCCNC3)C2)cc2nc(-c3cc4ccc5nc4n3CCCCC[C@@H]3CC3C(=O)N[C@@H]5C)n(C)c12. The number of aryl methyl sites for hydroxylation is 2. The first-order valence-corrected chi connectivity index (χ1v) is 16.7. The highest BCUT2D eigenvalue weighted by atomic mass is 16.5. The lowest BCUT2D eigenvalue weighted by Crippen LogP contribution is -2.63. The van der Waals surface area contributed by atoms with E-state index in [4.69, 9.17) is 14.7 Å². The molecule has 1 aromatic carbocycles. The molecule has 8 rings (SSSR count). The third-order valence-electron chi connectivity index (χ3n) is 10.8. The summed E-state index contributed by atoms with van der Waals surface area (Å²) in [6, 6.07) is 9.92. The van der Waals surface area contributed by atoms with Gasteiger partial charge in [-0.2, -0.15) is 0 Å². The van der Waals surface area contributed by atoms with Crippen molar-refractivity contribution in [1.82, 2.24) is 34.6 Å². The molecule has 3 fully saturated rings. The number of carbonyl (C=O) groups excluding carboxylic acids is 2. The summed E-state index contributed by atoms with van der Waals surface area (Å²) < 4.78 is 10.2. The average molecular weight is 610 g/mol. The Morgan fingerprint density at radius 1 is 1.09 bits per heavy atom. The zero-order valence-corrected chi connectivity index (χ0v) is 26.6. The number of methoxy groups -OCH3 is 1. The number of benzene rings is 1. The topological polar surface area (TPSA) is 106 Å². The van der Waals surface area contributed by atoms with Crippen LogP contribution in [0.25, 0.3) is 33.6 Å². The molecule has 2 bridgehead atoms. The number of fused-ring (bicyclic) bond motifs is 3. The van der Waals surface area contributed by atoms with Crippen molar-refractivity contribution in [3.63, 3.8) is 0 Å². The van der Waals surface area contributed by atoms with E-state index >= 15 is 0 Å². The summed E-state index contributed by atoms with van der Waals surface area (Å²) in [6.45, 7) is 6.50. The second kappa shape index (κ2) is 10.9. The number of hydrogen-bond acceptors (Lipinski definition) is 6. The van der Waals surface area contributed by atoms with E-state index in [1.54, 1.807) is 7.11 Å². The maximum Gasteiger partial charge on any atom is 0.254 e. The van der Waals surface area contributed by atoms with Crippen LogP contribution in [0.5, 0.6) is 5.75 Å². The Morgan fingerprint density at radius 3 is 2.76 bits per heavy atom. The maximum atomic E-state index is 13.6. The monoisotopic (exact) mass is 609 g/mol. The molecule has 3 aromatic heterocycles. The highest BCUT2D eigenvalue weighted by Crippen LogP contribution is 2.43. The second-order valence-electron chi connectivity index (χ2n) is 14.0. The third kappa shape index (κ3) is 4.88. The molecule has 1 saturated carbocycles. The van der Waals surface area contributed by atoms with Gasteiger partial charge in [0.15, 0.2) is 5.82 Å². The molecule has 1 aliphatic carbocycles. The number of ether oxygens (including phenoxy) is 1. The van der Waals surface area contributed by atoms with Crippen molar-refractivity contribution in [2.75, 3.05) is 33.3 Å². The van der Waals surface area contributed by atoms with Gasteiger partial charge >= 0.3 is 0 Å². The Balaban J connectivity index is 1.16. The number of imidazole rings is 1. The molecule has 1 spiro atoms. The number of nitrogens with one attached hydrogen (secondary N) is 2. The molecule has 2 N–H and O–H groups in total. The minimum atomic E-state index is -0.162. The number of aromatic nitrogens is 4. The fraction of sp³-hybridized carbons (Fsp3) is 0.543. The number of piperidine rings is 1. The average Bonchev–Trinajstić information content (AvgIpc) is 3.62. The fourth-order valence-corrected chi connectivity index (χ4v) is 8.14. The lowest BCUT2D eigenvalue weighted by atomic mass is 9.74. The van der Waals surface area contributed by atoms with Gasteiger partial charge in [0.2, 0.25) is 5.91 Å². The Kier molecular flexibility index (Phi) is 6.89. The van der Waals surface area contributed by atoms with E-state index in [-0.39, 0.29) is 29.2 Å². The van der Waals surface area contributed by atoms with Gasteiger partial charge in [0.05, 0.1) is 30.1 Å². The molecular weight excluding hydrogens is 566 g/mol. The van der Waals surface area contributed by atoms with E-state index in [0.717, 1.165) is 104 Å². The van der Waals surface area contributed by atoms with Crippen LogP contribution >= 0.6 is 0 Å². The molecule has 45 heavy (non-hydrogen) atoms. The van der Waals surface area contributed by atoms with Crippen LogP contribution < -0.4 is 15.4 Å². The van der Waals surface area contributed by atoms with Crippen molar-refractivity contribution in [2.45, 2.75) is 64.5 Å². The highest BCUT2D eigenvalue weighted by molar-refractivity contribution is 6.00. The van der Waals surface area contributed by atoms with Gasteiger partial charge in [-0.25, -0.2) is 9.97 Å². The van der Waals surface area contributed by atoms with Crippen molar-refractivity contribution >= 4 is 33.9 Å². The molecule has 6 heterocycles. The molecule has 2 saturated heterocycles. The van der Waals surface area contributed by atoms with Gasteiger partial charge in [0.25, 0.3) is 5.91 Å².